The average molecular weight is 619 g/mol. The fourth-order valence-corrected chi connectivity index (χ4v) is 5.31. The first kappa shape index (κ1) is 26.8. The molecule has 0 aliphatic carbocycles. The Morgan fingerprint density at radius 2 is 1.79 bits per heavy atom. The number of imidazole rings is 1. The molecule has 1 aromatic heterocycles. The summed E-state index contributed by atoms with van der Waals surface area (Å²) >= 11 is 15.9. The van der Waals surface area contributed by atoms with Gasteiger partial charge in [-0.15, -0.1) is 0 Å². The Hall–Kier alpha value is -3.76. The number of ether oxygens (including phenoxy) is 2. The van der Waals surface area contributed by atoms with Gasteiger partial charge >= 0.3 is 0 Å². The van der Waals surface area contributed by atoms with Gasteiger partial charge in [-0.2, -0.15) is 5.26 Å². The van der Waals surface area contributed by atoms with Crippen LogP contribution in [0.3, 0.4) is 0 Å². The van der Waals surface area contributed by atoms with Gasteiger partial charge in [0.2, 0.25) is 0 Å². The Morgan fingerprint density at radius 1 is 1.03 bits per heavy atom. The predicted octanol–water partition coefficient (Wildman–Crippen LogP) is 8.81. The van der Waals surface area contributed by atoms with Crippen molar-refractivity contribution >= 4 is 61.8 Å². The Balaban J connectivity index is 1.51. The van der Waals surface area contributed by atoms with Gasteiger partial charge in [0.15, 0.2) is 17.3 Å². The van der Waals surface area contributed by atoms with Crippen LogP contribution in [-0.4, -0.2) is 16.7 Å². The van der Waals surface area contributed by atoms with E-state index in [1.54, 1.807) is 25.3 Å². The van der Waals surface area contributed by atoms with Gasteiger partial charge in [0.05, 0.1) is 28.2 Å². The summed E-state index contributed by atoms with van der Waals surface area (Å²) in [5, 5.41) is 11.3. The largest absolute Gasteiger partial charge is 0.493 e. The third kappa shape index (κ3) is 5.97. The molecule has 194 valence electrons. The van der Waals surface area contributed by atoms with E-state index in [2.05, 4.69) is 38.7 Å². The Morgan fingerprint density at radius 3 is 2.54 bits per heavy atom. The van der Waals surface area contributed by atoms with Gasteiger partial charge in [0, 0.05) is 22.2 Å². The van der Waals surface area contributed by atoms with Crippen LogP contribution in [0.1, 0.15) is 22.5 Å². The van der Waals surface area contributed by atoms with Crippen molar-refractivity contribution in [2.75, 3.05) is 7.11 Å². The van der Waals surface area contributed by atoms with Crippen molar-refractivity contribution in [1.29, 1.82) is 5.26 Å². The molecule has 5 aromatic rings. The van der Waals surface area contributed by atoms with Gasteiger partial charge in [0.25, 0.3) is 0 Å². The maximum absolute atomic E-state index is 10.2. The number of nitriles is 1. The summed E-state index contributed by atoms with van der Waals surface area (Å²) in [5.41, 5.74) is 4.88. The lowest BCUT2D eigenvalue weighted by Crippen LogP contribution is -2.04. The maximum Gasteiger partial charge on any atom is 0.175 e. The number of para-hydroxylation sites is 2. The molecule has 5 rings (SSSR count). The van der Waals surface area contributed by atoms with Crippen LogP contribution in [0.4, 0.5) is 0 Å². The second-order valence-corrected chi connectivity index (χ2v) is 10.4. The van der Waals surface area contributed by atoms with Crippen LogP contribution in [0.2, 0.25) is 10.0 Å². The van der Waals surface area contributed by atoms with E-state index in [4.69, 9.17) is 37.7 Å². The number of methoxy groups -OCH3 is 1. The van der Waals surface area contributed by atoms with E-state index in [-0.39, 0.29) is 6.61 Å². The molecule has 8 heteroatoms. The van der Waals surface area contributed by atoms with Crippen molar-refractivity contribution in [2.45, 2.75) is 13.2 Å². The van der Waals surface area contributed by atoms with E-state index in [1.165, 1.54) is 0 Å². The summed E-state index contributed by atoms with van der Waals surface area (Å²) in [6.45, 7) is 0.815. The van der Waals surface area contributed by atoms with Gasteiger partial charge in [-0.3, -0.25) is 0 Å². The van der Waals surface area contributed by atoms with Gasteiger partial charge in [-0.05, 0) is 69.5 Å². The molecule has 0 aliphatic rings. The van der Waals surface area contributed by atoms with Crippen molar-refractivity contribution in [3.63, 3.8) is 0 Å². The molecule has 0 bridgehead atoms. The highest BCUT2D eigenvalue weighted by molar-refractivity contribution is 9.10. The number of nitrogens with zero attached hydrogens (tertiary/aromatic N) is 3. The molecule has 0 radical (unpaired) electrons. The summed E-state index contributed by atoms with van der Waals surface area (Å²) < 4.78 is 14.4. The molecular formula is C31H22BrCl2N3O2. The topological polar surface area (TPSA) is 60.1 Å². The molecule has 0 unspecified atom stereocenters. The molecule has 0 atom stereocenters. The summed E-state index contributed by atoms with van der Waals surface area (Å²) in [6, 6.07) is 29.3. The first-order valence-corrected chi connectivity index (χ1v) is 13.6. The maximum atomic E-state index is 10.2. The quantitative estimate of drug-likeness (QED) is 0.163. The SMILES string of the molecule is COc1cc(/C=C(\C#N)c2nc3ccccc3n2Cc2ccccc2)cc(Br)c1OCc1ccc(Cl)cc1Cl. The molecule has 4 aromatic carbocycles. The van der Waals surface area contributed by atoms with E-state index in [9.17, 15) is 5.26 Å². The van der Waals surface area contributed by atoms with Crippen LogP contribution in [0.25, 0.3) is 22.7 Å². The molecule has 0 spiro atoms. The molecule has 0 aliphatic heterocycles. The average Bonchev–Trinajstić information content (AvgIpc) is 3.30. The van der Waals surface area contributed by atoms with Crippen molar-refractivity contribution in [1.82, 2.24) is 9.55 Å². The highest BCUT2D eigenvalue weighted by Gasteiger charge is 2.17. The number of fused-ring (bicyclic) bond motifs is 1. The fourth-order valence-electron chi connectivity index (χ4n) is 4.27. The molecule has 0 amide bonds. The van der Waals surface area contributed by atoms with Gasteiger partial charge in [-0.1, -0.05) is 71.7 Å². The number of hydrogen-bond acceptors (Lipinski definition) is 4. The second-order valence-electron chi connectivity index (χ2n) is 8.72. The molecule has 39 heavy (non-hydrogen) atoms. The summed E-state index contributed by atoms with van der Waals surface area (Å²) in [7, 11) is 1.57. The van der Waals surface area contributed by atoms with Crippen LogP contribution in [0, 0.1) is 11.3 Å². The number of rotatable bonds is 8. The molecule has 5 nitrogen and oxygen atoms in total. The standard InChI is InChI=1S/C31H22BrCl2N3O2/c1-38-29-15-21(14-25(32)30(29)39-19-22-11-12-24(33)16-26(22)34)13-23(17-35)31-36-27-9-5-6-10-28(27)37(31)18-20-7-3-2-4-8-20/h2-16H,18-19H2,1H3/b23-13+. The minimum atomic E-state index is 0.229. The summed E-state index contributed by atoms with van der Waals surface area (Å²) in [6.07, 6.45) is 1.80. The van der Waals surface area contributed by atoms with Crippen molar-refractivity contribution in [3.05, 3.63) is 122 Å². The molecule has 0 saturated heterocycles. The van der Waals surface area contributed by atoms with E-state index in [1.807, 2.05) is 60.7 Å². The van der Waals surface area contributed by atoms with Crippen LogP contribution >= 0.6 is 39.1 Å². The monoisotopic (exact) mass is 617 g/mol. The summed E-state index contributed by atoms with van der Waals surface area (Å²) in [4.78, 5) is 4.82. The van der Waals surface area contributed by atoms with Crippen LogP contribution < -0.4 is 9.47 Å². The van der Waals surface area contributed by atoms with Crippen LogP contribution in [0.5, 0.6) is 11.5 Å². The second kappa shape index (κ2) is 12.0. The molecule has 1 heterocycles. The van der Waals surface area contributed by atoms with Crippen LogP contribution in [-0.2, 0) is 13.2 Å². The Bertz CT molecular complexity index is 1730. The predicted molar refractivity (Wildman–Crippen MR) is 160 cm³/mol. The number of halogens is 3. The fraction of sp³-hybridized carbons (Fsp3) is 0.0968. The summed E-state index contributed by atoms with van der Waals surface area (Å²) in [5.74, 6) is 1.63. The number of benzene rings is 4. The minimum Gasteiger partial charge on any atom is -0.493 e. The zero-order valence-corrected chi connectivity index (χ0v) is 24.0. The minimum absolute atomic E-state index is 0.229. The lowest BCUT2D eigenvalue weighted by molar-refractivity contribution is 0.282. The van der Waals surface area contributed by atoms with E-state index >= 15 is 0 Å². The zero-order chi connectivity index (χ0) is 27.4. The number of allylic oxidation sites excluding steroid dienone is 1. The Kier molecular flexibility index (Phi) is 8.23. The van der Waals surface area contributed by atoms with Crippen molar-refractivity contribution in [3.8, 4) is 17.6 Å². The van der Waals surface area contributed by atoms with Crippen molar-refractivity contribution in [2.24, 2.45) is 0 Å². The number of hydrogen-bond donors (Lipinski definition) is 0. The van der Waals surface area contributed by atoms with Crippen LogP contribution in [0.15, 0.2) is 89.4 Å². The van der Waals surface area contributed by atoms with E-state index in [0.29, 0.717) is 44.0 Å². The third-order valence-corrected chi connectivity index (χ3v) is 7.33. The molecular weight excluding hydrogens is 597 g/mol. The smallest absolute Gasteiger partial charge is 0.175 e. The number of aromatic nitrogens is 2. The van der Waals surface area contributed by atoms with E-state index < -0.39 is 0 Å². The normalized spacial score (nSPS) is 11.4. The molecule has 0 saturated carbocycles. The van der Waals surface area contributed by atoms with E-state index in [0.717, 1.165) is 27.7 Å². The first-order chi connectivity index (χ1) is 19.0. The lowest BCUT2D eigenvalue weighted by atomic mass is 10.1. The van der Waals surface area contributed by atoms with Gasteiger partial charge in [-0.25, -0.2) is 4.98 Å². The third-order valence-electron chi connectivity index (χ3n) is 6.15. The first-order valence-electron chi connectivity index (χ1n) is 12.0. The zero-order valence-electron chi connectivity index (χ0n) is 20.9. The highest BCUT2D eigenvalue weighted by Crippen LogP contribution is 2.39. The molecule has 0 fully saturated rings. The molecule has 0 N–H and O–H groups in total. The highest BCUT2D eigenvalue weighted by atomic mass is 79.9. The Labute approximate surface area is 245 Å². The van der Waals surface area contributed by atoms with Gasteiger partial charge in [0.1, 0.15) is 12.7 Å². The lowest BCUT2D eigenvalue weighted by Gasteiger charge is -2.14. The van der Waals surface area contributed by atoms with Gasteiger partial charge < -0.3 is 14.0 Å². The van der Waals surface area contributed by atoms with Crippen molar-refractivity contribution < 1.29 is 9.47 Å².